The maximum Gasteiger partial charge on any atom is 0.352 e. The molecular weight excluding hydrogens is 196 g/mol. The van der Waals surface area contributed by atoms with Gasteiger partial charge in [0.1, 0.15) is 5.70 Å². The van der Waals surface area contributed by atoms with Crippen LogP contribution >= 0.6 is 0 Å². The van der Waals surface area contributed by atoms with Crippen LogP contribution in [0.2, 0.25) is 0 Å². The van der Waals surface area contributed by atoms with Gasteiger partial charge in [-0.05, 0) is 18.2 Å². The molecule has 0 spiro atoms. The van der Waals surface area contributed by atoms with Crippen molar-refractivity contribution in [2.75, 3.05) is 0 Å². The van der Waals surface area contributed by atoms with E-state index in [0.717, 1.165) is 0 Å². The lowest BCUT2D eigenvalue weighted by molar-refractivity contribution is -0.134. The number of rotatable bonds is 3. The number of pyridine rings is 1. The summed E-state index contributed by atoms with van der Waals surface area (Å²) in [6.07, 6.45) is 2.84. The summed E-state index contributed by atoms with van der Waals surface area (Å²) in [5, 5.41) is 11.0. The van der Waals surface area contributed by atoms with Gasteiger partial charge in [-0.2, -0.15) is 0 Å². The van der Waals surface area contributed by atoms with Gasteiger partial charge in [0.15, 0.2) is 0 Å². The van der Waals surface area contributed by atoms with E-state index in [2.05, 4.69) is 10.3 Å². The van der Waals surface area contributed by atoms with Crippen LogP contribution in [0.1, 0.15) is 12.6 Å². The van der Waals surface area contributed by atoms with Crippen LogP contribution in [0.3, 0.4) is 0 Å². The van der Waals surface area contributed by atoms with Gasteiger partial charge in [-0.1, -0.05) is 6.07 Å². The fraction of sp³-hybridized carbons (Fsp3) is 0.100. The van der Waals surface area contributed by atoms with E-state index in [0.29, 0.717) is 5.69 Å². The smallest absolute Gasteiger partial charge is 0.352 e. The van der Waals surface area contributed by atoms with E-state index < -0.39 is 11.9 Å². The summed E-state index contributed by atoms with van der Waals surface area (Å²) in [6, 6.07) is 5.09. The monoisotopic (exact) mass is 206 g/mol. The van der Waals surface area contributed by atoms with Crippen LogP contribution in [0.25, 0.3) is 6.08 Å². The Morgan fingerprint density at radius 3 is 2.67 bits per heavy atom. The summed E-state index contributed by atoms with van der Waals surface area (Å²) < 4.78 is 0. The molecule has 78 valence electrons. The molecule has 0 atom stereocenters. The first kappa shape index (κ1) is 10.9. The van der Waals surface area contributed by atoms with Crippen molar-refractivity contribution >= 4 is 18.0 Å². The predicted molar refractivity (Wildman–Crippen MR) is 53.7 cm³/mol. The van der Waals surface area contributed by atoms with Gasteiger partial charge in [-0.15, -0.1) is 0 Å². The van der Waals surface area contributed by atoms with Crippen LogP contribution in [0.15, 0.2) is 30.1 Å². The number of aliphatic carboxylic acids is 1. The van der Waals surface area contributed by atoms with Crippen LogP contribution in [0, 0.1) is 0 Å². The zero-order valence-corrected chi connectivity index (χ0v) is 8.10. The number of nitrogens with one attached hydrogen (secondary N) is 1. The minimum absolute atomic E-state index is 0.193. The summed E-state index contributed by atoms with van der Waals surface area (Å²) in [7, 11) is 0. The minimum Gasteiger partial charge on any atom is -0.477 e. The number of carboxylic acid groups (broad SMARTS) is 1. The van der Waals surface area contributed by atoms with E-state index in [1.165, 1.54) is 13.0 Å². The molecule has 2 N–H and O–H groups in total. The van der Waals surface area contributed by atoms with Crippen molar-refractivity contribution < 1.29 is 14.7 Å². The third-order valence-corrected chi connectivity index (χ3v) is 1.52. The van der Waals surface area contributed by atoms with Crippen LogP contribution in [-0.2, 0) is 9.59 Å². The highest BCUT2D eigenvalue weighted by Crippen LogP contribution is 2.01. The molecule has 5 nitrogen and oxygen atoms in total. The van der Waals surface area contributed by atoms with E-state index in [1.807, 2.05) is 0 Å². The number of aromatic nitrogens is 1. The zero-order chi connectivity index (χ0) is 11.3. The van der Waals surface area contributed by atoms with Crippen molar-refractivity contribution in [1.82, 2.24) is 10.3 Å². The van der Waals surface area contributed by atoms with Gasteiger partial charge >= 0.3 is 5.97 Å². The van der Waals surface area contributed by atoms with Gasteiger partial charge in [-0.3, -0.25) is 9.78 Å². The van der Waals surface area contributed by atoms with Crippen LogP contribution in [-0.4, -0.2) is 22.0 Å². The second kappa shape index (κ2) is 4.90. The fourth-order valence-electron chi connectivity index (χ4n) is 0.950. The standard InChI is InChI=1S/C10H10N2O3/c1-7(13)12-9(10(14)15)6-8-4-2-3-5-11-8/h2-6H,1H3,(H,12,13)(H,14,15). The molecule has 0 unspecified atom stereocenters. The second-order valence-electron chi connectivity index (χ2n) is 2.80. The molecule has 0 fully saturated rings. The molecule has 0 aliphatic rings. The summed E-state index contributed by atoms with van der Waals surface area (Å²) in [6.45, 7) is 1.25. The van der Waals surface area contributed by atoms with E-state index in [1.54, 1.807) is 24.4 Å². The van der Waals surface area contributed by atoms with Gasteiger partial charge in [-0.25, -0.2) is 4.79 Å². The van der Waals surface area contributed by atoms with Crippen molar-refractivity contribution in [2.45, 2.75) is 6.92 Å². The quantitative estimate of drug-likeness (QED) is 0.711. The molecule has 1 aromatic heterocycles. The normalized spacial score (nSPS) is 10.9. The minimum atomic E-state index is -1.20. The lowest BCUT2D eigenvalue weighted by atomic mass is 10.3. The van der Waals surface area contributed by atoms with Gasteiger partial charge in [0.05, 0.1) is 5.69 Å². The lowest BCUT2D eigenvalue weighted by Crippen LogP contribution is -2.24. The Hall–Kier alpha value is -2.17. The number of hydrogen-bond donors (Lipinski definition) is 2. The number of carbonyl (C=O) groups is 2. The Morgan fingerprint density at radius 1 is 1.47 bits per heavy atom. The van der Waals surface area contributed by atoms with Gasteiger partial charge in [0.25, 0.3) is 0 Å². The van der Waals surface area contributed by atoms with Gasteiger partial charge < -0.3 is 10.4 Å². The molecule has 0 saturated heterocycles. The van der Waals surface area contributed by atoms with E-state index >= 15 is 0 Å². The van der Waals surface area contributed by atoms with Crippen molar-refractivity contribution in [3.8, 4) is 0 Å². The zero-order valence-electron chi connectivity index (χ0n) is 8.10. The highest BCUT2D eigenvalue weighted by Gasteiger charge is 2.08. The number of nitrogens with zero attached hydrogens (tertiary/aromatic N) is 1. The first-order valence-corrected chi connectivity index (χ1v) is 4.23. The molecule has 0 aliphatic carbocycles. The van der Waals surface area contributed by atoms with Crippen LogP contribution < -0.4 is 5.32 Å². The predicted octanol–water partition coefficient (Wildman–Crippen LogP) is 0.643. The first-order chi connectivity index (χ1) is 7.09. The first-order valence-electron chi connectivity index (χ1n) is 4.23. The topological polar surface area (TPSA) is 79.3 Å². The number of hydrogen-bond acceptors (Lipinski definition) is 3. The maximum atomic E-state index is 10.7. The molecule has 1 rings (SSSR count). The maximum absolute atomic E-state index is 10.7. The molecule has 0 bridgehead atoms. The molecule has 5 heteroatoms. The second-order valence-corrected chi connectivity index (χ2v) is 2.80. The van der Waals surface area contributed by atoms with Crippen LogP contribution in [0.5, 0.6) is 0 Å². The van der Waals surface area contributed by atoms with Crippen LogP contribution in [0.4, 0.5) is 0 Å². The molecule has 15 heavy (non-hydrogen) atoms. The average Bonchev–Trinajstić information content (AvgIpc) is 2.17. The Bertz CT molecular complexity index is 398. The summed E-state index contributed by atoms with van der Waals surface area (Å²) >= 11 is 0. The molecule has 0 radical (unpaired) electrons. The molecule has 1 amide bonds. The van der Waals surface area contributed by atoms with Gasteiger partial charge in [0.2, 0.25) is 5.91 Å². The Morgan fingerprint density at radius 2 is 2.20 bits per heavy atom. The Balaban J connectivity index is 2.94. The number of carboxylic acids is 1. The summed E-state index contributed by atoms with van der Waals surface area (Å²) in [5.41, 5.74) is 0.282. The fourth-order valence-corrected chi connectivity index (χ4v) is 0.950. The largest absolute Gasteiger partial charge is 0.477 e. The molecular formula is C10H10N2O3. The lowest BCUT2D eigenvalue weighted by Gasteiger charge is -2.01. The number of carbonyl (C=O) groups excluding carboxylic acids is 1. The van der Waals surface area contributed by atoms with Crippen molar-refractivity contribution in [3.05, 3.63) is 35.8 Å². The average molecular weight is 206 g/mol. The number of amides is 1. The third kappa shape index (κ3) is 3.60. The molecule has 0 aromatic carbocycles. The third-order valence-electron chi connectivity index (χ3n) is 1.52. The summed E-state index contributed by atoms with van der Waals surface area (Å²) in [4.78, 5) is 25.4. The van der Waals surface area contributed by atoms with E-state index in [4.69, 9.17) is 5.11 Å². The van der Waals surface area contributed by atoms with E-state index in [9.17, 15) is 9.59 Å². The SMILES string of the molecule is CC(=O)NC(=Cc1ccccn1)C(=O)O. The van der Waals surface area contributed by atoms with Crippen molar-refractivity contribution in [1.29, 1.82) is 0 Å². The summed E-state index contributed by atoms with van der Waals surface area (Å²) in [5.74, 6) is -1.63. The van der Waals surface area contributed by atoms with E-state index in [-0.39, 0.29) is 5.70 Å². The molecule has 1 aromatic rings. The van der Waals surface area contributed by atoms with Crippen molar-refractivity contribution in [3.63, 3.8) is 0 Å². The van der Waals surface area contributed by atoms with Gasteiger partial charge in [0, 0.05) is 13.1 Å². The highest BCUT2D eigenvalue weighted by atomic mass is 16.4. The molecule has 0 saturated carbocycles. The highest BCUT2D eigenvalue weighted by molar-refractivity contribution is 5.96. The molecule has 1 heterocycles. The Kier molecular flexibility index (Phi) is 3.56. The molecule has 0 aliphatic heterocycles. The van der Waals surface area contributed by atoms with Crippen molar-refractivity contribution in [2.24, 2.45) is 0 Å². The Labute approximate surface area is 86.5 Å².